The van der Waals surface area contributed by atoms with Gasteiger partial charge in [0.2, 0.25) is 0 Å². The maximum absolute atomic E-state index is 13.3. The van der Waals surface area contributed by atoms with Gasteiger partial charge in [0.1, 0.15) is 5.82 Å². The summed E-state index contributed by atoms with van der Waals surface area (Å²) < 4.78 is 15.2. The maximum Gasteiger partial charge on any atom is 0.182 e. The molecule has 30 heavy (non-hydrogen) atoms. The molecule has 0 N–H and O–H groups in total. The lowest BCUT2D eigenvalue weighted by Gasteiger charge is -2.05. The lowest BCUT2D eigenvalue weighted by Crippen LogP contribution is -1.99. The van der Waals surface area contributed by atoms with Crippen LogP contribution in [0.1, 0.15) is 0 Å². The third-order valence-electron chi connectivity index (χ3n) is 4.94. The highest BCUT2D eigenvalue weighted by Crippen LogP contribution is 2.28. The van der Waals surface area contributed by atoms with E-state index < -0.39 is 0 Å². The minimum atomic E-state index is -0.245. The Morgan fingerprint density at radius 1 is 0.567 bits per heavy atom. The number of hydrogen-bond acceptors (Lipinski definition) is 2. The first-order valence-electron chi connectivity index (χ1n) is 9.72. The lowest BCUT2D eigenvalue weighted by atomic mass is 10.0. The number of halogens is 1. The second-order valence-corrected chi connectivity index (χ2v) is 6.96. The Kier molecular flexibility index (Phi) is 4.66. The summed E-state index contributed by atoms with van der Waals surface area (Å²) in [7, 11) is 0. The van der Waals surface area contributed by atoms with E-state index in [9.17, 15) is 4.39 Å². The summed E-state index contributed by atoms with van der Waals surface area (Å²) in [6.07, 6.45) is 0. The average Bonchev–Trinajstić information content (AvgIpc) is 3.27. The molecule has 0 unspecified atom stereocenters. The first-order chi connectivity index (χ1) is 14.8. The van der Waals surface area contributed by atoms with Crippen LogP contribution in [0.2, 0.25) is 0 Å². The summed E-state index contributed by atoms with van der Waals surface area (Å²) in [6.45, 7) is 0. The zero-order chi connectivity index (χ0) is 20.3. The van der Waals surface area contributed by atoms with E-state index in [4.69, 9.17) is 10.1 Å². The van der Waals surface area contributed by atoms with Crippen molar-refractivity contribution in [1.82, 2.24) is 14.8 Å². The zero-order valence-corrected chi connectivity index (χ0v) is 16.1. The van der Waals surface area contributed by atoms with Gasteiger partial charge >= 0.3 is 0 Å². The van der Waals surface area contributed by atoms with E-state index in [1.807, 2.05) is 89.6 Å². The molecule has 5 rings (SSSR count). The van der Waals surface area contributed by atoms with Crippen molar-refractivity contribution in [2.24, 2.45) is 0 Å². The van der Waals surface area contributed by atoms with Gasteiger partial charge in [-0.3, -0.25) is 0 Å². The standard InChI is InChI=1S/C26H18FN3/c27-23-16-14-19(15-17-23)21-10-7-11-22(18-21)25-28-26(20-8-3-1-4-9-20)30(29-25)24-12-5-2-6-13-24/h1-18H. The molecule has 1 heterocycles. The molecule has 3 nitrogen and oxygen atoms in total. The molecule has 1 aromatic heterocycles. The Morgan fingerprint density at radius 3 is 1.93 bits per heavy atom. The number of rotatable bonds is 4. The predicted molar refractivity (Wildman–Crippen MR) is 118 cm³/mol. The Morgan fingerprint density at radius 2 is 1.20 bits per heavy atom. The molecule has 0 saturated heterocycles. The number of benzene rings is 4. The molecule has 4 heteroatoms. The van der Waals surface area contributed by atoms with Gasteiger partial charge < -0.3 is 0 Å². The summed E-state index contributed by atoms with van der Waals surface area (Å²) in [5.41, 5.74) is 4.79. The number of aromatic nitrogens is 3. The fourth-order valence-corrected chi connectivity index (χ4v) is 3.44. The lowest BCUT2D eigenvalue weighted by molar-refractivity contribution is 0.628. The molecule has 0 aliphatic heterocycles. The van der Waals surface area contributed by atoms with E-state index in [1.54, 1.807) is 12.1 Å². The molecule has 0 fully saturated rings. The van der Waals surface area contributed by atoms with Gasteiger partial charge in [0.25, 0.3) is 0 Å². The monoisotopic (exact) mass is 391 g/mol. The van der Waals surface area contributed by atoms with Crippen LogP contribution in [-0.4, -0.2) is 14.8 Å². The topological polar surface area (TPSA) is 30.7 Å². The molecule has 0 saturated carbocycles. The van der Waals surface area contributed by atoms with Gasteiger partial charge in [0.15, 0.2) is 11.6 Å². The van der Waals surface area contributed by atoms with Gasteiger partial charge in [-0.1, -0.05) is 78.9 Å². The number of para-hydroxylation sites is 1. The van der Waals surface area contributed by atoms with Crippen molar-refractivity contribution in [3.8, 4) is 39.6 Å². The van der Waals surface area contributed by atoms with Crippen LogP contribution in [0.5, 0.6) is 0 Å². The summed E-state index contributed by atoms with van der Waals surface area (Å²) in [5, 5.41) is 4.82. The SMILES string of the molecule is Fc1ccc(-c2cccc(-c3nc(-c4ccccc4)n(-c4ccccc4)n3)c2)cc1. The van der Waals surface area contributed by atoms with E-state index in [1.165, 1.54) is 12.1 Å². The van der Waals surface area contributed by atoms with E-state index in [-0.39, 0.29) is 5.82 Å². The minimum absolute atomic E-state index is 0.245. The second kappa shape index (κ2) is 7.76. The van der Waals surface area contributed by atoms with Gasteiger partial charge in [-0.2, -0.15) is 0 Å². The average molecular weight is 391 g/mol. The van der Waals surface area contributed by atoms with E-state index >= 15 is 0 Å². The largest absolute Gasteiger partial charge is 0.213 e. The molecule has 5 aromatic rings. The van der Waals surface area contributed by atoms with Gasteiger partial charge in [-0.15, -0.1) is 5.10 Å². The highest BCUT2D eigenvalue weighted by Gasteiger charge is 2.15. The van der Waals surface area contributed by atoms with Gasteiger partial charge in [-0.05, 0) is 41.5 Å². The van der Waals surface area contributed by atoms with Crippen molar-refractivity contribution in [2.45, 2.75) is 0 Å². The van der Waals surface area contributed by atoms with Gasteiger partial charge in [0, 0.05) is 11.1 Å². The van der Waals surface area contributed by atoms with Crippen molar-refractivity contribution < 1.29 is 4.39 Å². The molecule has 0 aliphatic rings. The van der Waals surface area contributed by atoms with Gasteiger partial charge in [0.05, 0.1) is 5.69 Å². The molecular formula is C26H18FN3. The Hall–Kier alpha value is -4.05. The van der Waals surface area contributed by atoms with E-state index in [0.29, 0.717) is 5.82 Å². The Balaban J connectivity index is 1.63. The summed E-state index contributed by atoms with van der Waals surface area (Å²) in [4.78, 5) is 4.87. The van der Waals surface area contributed by atoms with Crippen LogP contribution in [0, 0.1) is 5.82 Å². The van der Waals surface area contributed by atoms with Crippen molar-refractivity contribution in [3.05, 3.63) is 115 Å². The fourth-order valence-electron chi connectivity index (χ4n) is 3.44. The maximum atomic E-state index is 13.3. The quantitative estimate of drug-likeness (QED) is 0.354. The van der Waals surface area contributed by atoms with Crippen LogP contribution in [0.4, 0.5) is 4.39 Å². The molecule has 4 aromatic carbocycles. The van der Waals surface area contributed by atoms with Crippen LogP contribution in [0.25, 0.3) is 39.6 Å². The molecular weight excluding hydrogens is 373 g/mol. The molecule has 0 bridgehead atoms. The van der Waals surface area contributed by atoms with E-state index in [2.05, 4.69) is 0 Å². The Labute approximate surface area is 174 Å². The van der Waals surface area contributed by atoms with Gasteiger partial charge in [-0.25, -0.2) is 14.1 Å². The fraction of sp³-hybridized carbons (Fsp3) is 0. The Bertz CT molecular complexity index is 1220. The summed E-state index contributed by atoms with van der Waals surface area (Å²) >= 11 is 0. The molecule has 0 spiro atoms. The first-order valence-corrected chi connectivity index (χ1v) is 9.72. The van der Waals surface area contributed by atoms with Crippen molar-refractivity contribution in [1.29, 1.82) is 0 Å². The predicted octanol–water partition coefficient (Wildman–Crippen LogP) is 6.41. The normalized spacial score (nSPS) is 10.8. The van der Waals surface area contributed by atoms with Crippen LogP contribution in [-0.2, 0) is 0 Å². The molecule has 0 atom stereocenters. The molecule has 0 radical (unpaired) electrons. The summed E-state index contributed by atoms with van der Waals surface area (Å²) in [5.74, 6) is 1.18. The van der Waals surface area contributed by atoms with Crippen LogP contribution < -0.4 is 0 Å². The minimum Gasteiger partial charge on any atom is -0.213 e. The van der Waals surface area contributed by atoms with Crippen molar-refractivity contribution in [2.75, 3.05) is 0 Å². The van der Waals surface area contributed by atoms with Crippen LogP contribution in [0.15, 0.2) is 109 Å². The molecule has 0 amide bonds. The molecule has 0 aliphatic carbocycles. The molecule has 144 valence electrons. The highest BCUT2D eigenvalue weighted by atomic mass is 19.1. The number of hydrogen-bond donors (Lipinski definition) is 0. The van der Waals surface area contributed by atoms with Crippen LogP contribution in [0.3, 0.4) is 0 Å². The zero-order valence-electron chi connectivity index (χ0n) is 16.1. The van der Waals surface area contributed by atoms with Crippen LogP contribution >= 0.6 is 0 Å². The van der Waals surface area contributed by atoms with E-state index in [0.717, 1.165) is 33.8 Å². The highest BCUT2D eigenvalue weighted by molar-refractivity contribution is 5.71. The van der Waals surface area contributed by atoms with Crippen molar-refractivity contribution in [3.63, 3.8) is 0 Å². The second-order valence-electron chi connectivity index (χ2n) is 6.96. The number of nitrogens with zero attached hydrogens (tertiary/aromatic N) is 3. The smallest absolute Gasteiger partial charge is 0.182 e. The van der Waals surface area contributed by atoms with Crippen molar-refractivity contribution >= 4 is 0 Å². The third-order valence-corrected chi connectivity index (χ3v) is 4.94. The first kappa shape index (κ1) is 18.0. The third kappa shape index (κ3) is 3.51. The summed E-state index contributed by atoms with van der Waals surface area (Å²) in [6, 6.07) is 34.5.